The standard InChI is InChI=1S/C17H33N3/c1-5-11-20-13-10-17(15-20)14-18-16(4)9-8-12-19(6-2)7-3/h10,13,15-16,18H,5-9,11-12,14H2,1-4H3. The Morgan fingerprint density at radius 2 is 2.00 bits per heavy atom. The quantitative estimate of drug-likeness (QED) is 0.669. The number of rotatable bonds is 11. The molecule has 3 heteroatoms. The normalized spacial score (nSPS) is 13.1. The van der Waals surface area contributed by atoms with Gasteiger partial charge in [-0.3, -0.25) is 0 Å². The number of nitrogens with one attached hydrogen (secondary N) is 1. The molecule has 1 heterocycles. The number of hydrogen-bond acceptors (Lipinski definition) is 2. The second kappa shape index (κ2) is 10.0. The van der Waals surface area contributed by atoms with Crippen molar-refractivity contribution in [1.82, 2.24) is 14.8 Å². The highest BCUT2D eigenvalue weighted by Crippen LogP contribution is 2.04. The molecule has 1 unspecified atom stereocenters. The van der Waals surface area contributed by atoms with Gasteiger partial charge in [0.2, 0.25) is 0 Å². The smallest absolute Gasteiger partial charge is 0.0223 e. The molecule has 116 valence electrons. The van der Waals surface area contributed by atoms with Crippen molar-refractivity contribution < 1.29 is 0 Å². The van der Waals surface area contributed by atoms with Gasteiger partial charge in [-0.05, 0) is 57.5 Å². The number of aromatic nitrogens is 1. The van der Waals surface area contributed by atoms with Gasteiger partial charge in [0.15, 0.2) is 0 Å². The molecule has 20 heavy (non-hydrogen) atoms. The maximum atomic E-state index is 3.63. The lowest BCUT2D eigenvalue weighted by Gasteiger charge is -2.19. The van der Waals surface area contributed by atoms with Crippen LogP contribution in [0, 0.1) is 0 Å². The molecule has 0 aliphatic heterocycles. The Balaban J connectivity index is 2.17. The topological polar surface area (TPSA) is 20.2 Å². The SMILES string of the molecule is CCCn1ccc(CNC(C)CCCN(CC)CC)c1. The molecule has 0 aliphatic rings. The van der Waals surface area contributed by atoms with Crippen molar-refractivity contribution in [3.8, 4) is 0 Å². The van der Waals surface area contributed by atoms with Crippen LogP contribution in [0.4, 0.5) is 0 Å². The molecule has 0 aromatic carbocycles. The first-order valence-electron chi connectivity index (χ1n) is 8.29. The predicted octanol–water partition coefficient (Wildman–Crippen LogP) is 3.50. The lowest BCUT2D eigenvalue weighted by molar-refractivity contribution is 0.290. The Labute approximate surface area is 125 Å². The van der Waals surface area contributed by atoms with E-state index in [0.717, 1.165) is 13.1 Å². The number of nitrogens with zero attached hydrogens (tertiary/aromatic N) is 2. The zero-order valence-corrected chi connectivity index (χ0v) is 13.9. The van der Waals surface area contributed by atoms with E-state index in [9.17, 15) is 0 Å². The molecule has 0 saturated carbocycles. The van der Waals surface area contributed by atoms with E-state index < -0.39 is 0 Å². The average Bonchev–Trinajstić information content (AvgIpc) is 2.89. The minimum Gasteiger partial charge on any atom is -0.354 e. The van der Waals surface area contributed by atoms with Crippen LogP contribution < -0.4 is 5.32 Å². The van der Waals surface area contributed by atoms with Crippen LogP contribution in [-0.2, 0) is 13.1 Å². The van der Waals surface area contributed by atoms with Crippen LogP contribution in [0.25, 0.3) is 0 Å². The molecular weight excluding hydrogens is 246 g/mol. The van der Waals surface area contributed by atoms with Crippen LogP contribution in [0.15, 0.2) is 18.5 Å². The molecule has 0 aliphatic carbocycles. The van der Waals surface area contributed by atoms with Gasteiger partial charge in [0.05, 0.1) is 0 Å². The van der Waals surface area contributed by atoms with Crippen LogP contribution in [0.3, 0.4) is 0 Å². The van der Waals surface area contributed by atoms with Crippen molar-refractivity contribution in [2.24, 2.45) is 0 Å². The Hall–Kier alpha value is -0.800. The van der Waals surface area contributed by atoms with Gasteiger partial charge in [-0.1, -0.05) is 20.8 Å². The van der Waals surface area contributed by atoms with Crippen molar-refractivity contribution in [3.63, 3.8) is 0 Å². The largest absolute Gasteiger partial charge is 0.354 e. The number of hydrogen-bond donors (Lipinski definition) is 1. The van der Waals surface area contributed by atoms with E-state index in [-0.39, 0.29) is 0 Å². The number of aryl methyl sites for hydroxylation is 1. The fourth-order valence-corrected chi connectivity index (χ4v) is 2.55. The molecular formula is C17H33N3. The summed E-state index contributed by atoms with van der Waals surface area (Å²) in [6, 6.07) is 2.82. The van der Waals surface area contributed by atoms with Crippen molar-refractivity contribution in [2.45, 2.75) is 66.1 Å². The molecule has 1 atom stereocenters. The molecule has 0 spiro atoms. The summed E-state index contributed by atoms with van der Waals surface area (Å²) in [5, 5.41) is 3.63. The summed E-state index contributed by atoms with van der Waals surface area (Å²) in [4.78, 5) is 2.50. The van der Waals surface area contributed by atoms with Crippen LogP contribution in [0.1, 0.15) is 52.5 Å². The van der Waals surface area contributed by atoms with E-state index in [1.165, 1.54) is 44.5 Å². The molecule has 0 saturated heterocycles. The highest BCUT2D eigenvalue weighted by molar-refractivity contribution is 5.09. The third kappa shape index (κ3) is 6.58. The summed E-state index contributed by atoms with van der Waals surface area (Å²) in [6.45, 7) is 14.7. The molecule has 0 amide bonds. The van der Waals surface area contributed by atoms with Crippen LogP contribution in [0.2, 0.25) is 0 Å². The van der Waals surface area contributed by atoms with E-state index in [2.05, 4.69) is 60.9 Å². The van der Waals surface area contributed by atoms with E-state index in [1.54, 1.807) is 0 Å². The van der Waals surface area contributed by atoms with E-state index in [1.807, 2.05) is 0 Å². The minimum atomic E-state index is 0.597. The van der Waals surface area contributed by atoms with Gasteiger partial charge in [0, 0.05) is 31.5 Å². The lowest BCUT2D eigenvalue weighted by Crippen LogP contribution is -2.28. The Morgan fingerprint density at radius 3 is 2.65 bits per heavy atom. The second-order valence-electron chi connectivity index (χ2n) is 5.71. The van der Waals surface area contributed by atoms with Crippen LogP contribution in [-0.4, -0.2) is 35.1 Å². The molecule has 0 fully saturated rings. The summed E-state index contributed by atoms with van der Waals surface area (Å²) in [6.07, 6.45) is 8.19. The zero-order chi connectivity index (χ0) is 14.8. The lowest BCUT2D eigenvalue weighted by atomic mass is 10.1. The van der Waals surface area contributed by atoms with Crippen LogP contribution >= 0.6 is 0 Å². The summed E-state index contributed by atoms with van der Waals surface area (Å²) >= 11 is 0. The van der Waals surface area contributed by atoms with Gasteiger partial charge in [0.25, 0.3) is 0 Å². The Morgan fingerprint density at radius 1 is 1.25 bits per heavy atom. The van der Waals surface area contributed by atoms with Crippen LogP contribution in [0.5, 0.6) is 0 Å². The summed E-state index contributed by atoms with van der Waals surface area (Å²) in [7, 11) is 0. The zero-order valence-electron chi connectivity index (χ0n) is 13.9. The summed E-state index contributed by atoms with van der Waals surface area (Å²) in [5.74, 6) is 0. The average molecular weight is 279 g/mol. The molecule has 1 rings (SSSR count). The Kier molecular flexibility index (Phi) is 8.63. The van der Waals surface area contributed by atoms with Crippen molar-refractivity contribution in [2.75, 3.05) is 19.6 Å². The minimum absolute atomic E-state index is 0.597. The van der Waals surface area contributed by atoms with Gasteiger partial charge in [-0.25, -0.2) is 0 Å². The van der Waals surface area contributed by atoms with E-state index in [4.69, 9.17) is 0 Å². The summed E-state index contributed by atoms with van der Waals surface area (Å²) in [5.41, 5.74) is 1.40. The first-order chi connectivity index (χ1) is 9.69. The highest BCUT2D eigenvalue weighted by Gasteiger charge is 2.04. The first kappa shape index (κ1) is 17.3. The molecule has 1 aromatic rings. The van der Waals surface area contributed by atoms with Crippen molar-refractivity contribution >= 4 is 0 Å². The third-order valence-corrected chi connectivity index (χ3v) is 3.95. The van der Waals surface area contributed by atoms with Gasteiger partial charge >= 0.3 is 0 Å². The highest BCUT2D eigenvalue weighted by atomic mass is 15.1. The molecule has 1 aromatic heterocycles. The summed E-state index contributed by atoms with van der Waals surface area (Å²) < 4.78 is 2.28. The maximum absolute atomic E-state index is 3.63. The fraction of sp³-hybridized carbons (Fsp3) is 0.765. The first-order valence-corrected chi connectivity index (χ1v) is 8.29. The van der Waals surface area contributed by atoms with Gasteiger partial charge < -0.3 is 14.8 Å². The van der Waals surface area contributed by atoms with E-state index >= 15 is 0 Å². The van der Waals surface area contributed by atoms with Gasteiger partial charge in [-0.15, -0.1) is 0 Å². The molecule has 3 nitrogen and oxygen atoms in total. The van der Waals surface area contributed by atoms with Crippen molar-refractivity contribution in [1.29, 1.82) is 0 Å². The predicted molar refractivity (Wildman–Crippen MR) is 88.0 cm³/mol. The van der Waals surface area contributed by atoms with Crippen molar-refractivity contribution in [3.05, 3.63) is 24.0 Å². The maximum Gasteiger partial charge on any atom is 0.0223 e. The molecule has 0 bridgehead atoms. The second-order valence-corrected chi connectivity index (χ2v) is 5.71. The third-order valence-electron chi connectivity index (χ3n) is 3.95. The molecule has 0 radical (unpaired) electrons. The van der Waals surface area contributed by atoms with E-state index in [0.29, 0.717) is 6.04 Å². The Bertz CT molecular complexity index is 342. The van der Waals surface area contributed by atoms with Gasteiger partial charge in [-0.2, -0.15) is 0 Å². The monoisotopic (exact) mass is 279 g/mol. The molecule has 1 N–H and O–H groups in total. The van der Waals surface area contributed by atoms with Gasteiger partial charge in [0.1, 0.15) is 0 Å². The fourth-order valence-electron chi connectivity index (χ4n) is 2.55.